The summed E-state index contributed by atoms with van der Waals surface area (Å²) in [5.41, 5.74) is 30.9. The molecule has 2 bridgehead atoms. The molecule has 0 aromatic carbocycles. The fraction of sp³-hybridized carbons (Fsp3) is 1.00. The molecule has 3 radical (unpaired) electrons. The Bertz CT molecular complexity index is 1740. The van der Waals surface area contributed by atoms with Gasteiger partial charge in [0.2, 0.25) is 0 Å². The fourth-order valence-electron chi connectivity index (χ4n) is 10.6. The summed E-state index contributed by atoms with van der Waals surface area (Å²) in [5, 5.41) is 97.5. The number of aliphatic hydroxyl groups is 7. The molecule has 7 heterocycles. The maximum Gasteiger partial charge on any atom is 0.104 e. The summed E-state index contributed by atoms with van der Waals surface area (Å²) in [5.74, 6) is 0. The third kappa shape index (κ3) is 62.9. The van der Waals surface area contributed by atoms with Gasteiger partial charge in [-0.25, -0.2) is 0 Å². The smallest absolute Gasteiger partial charge is 0.104 e. The van der Waals surface area contributed by atoms with Crippen molar-refractivity contribution in [3.8, 4) is 0 Å². The maximum absolute atomic E-state index is 10.3. The van der Waals surface area contributed by atoms with Crippen LogP contribution >= 0.6 is 0 Å². The Labute approximate surface area is 651 Å². The van der Waals surface area contributed by atoms with E-state index in [4.69, 9.17) is 96.4 Å². The molecule has 0 aromatic rings. The second-order valence-electron chi connectivity index (χ2n) is 27.9. The first kappa shape index (κ1) is 109. The van der Waals surface area contributed by atoms with Crippen LogP contribution in [0.25, 0.3) is 0 Å². The van der Waals surface area contributed by atoms with Crippen molar-refractivity contribution in [2.45, 2.75) is 102 Å². The molecular formula is C71H161BN17O19. The van der Waals surface area contributed by atoms with Crippen molar-refractivity contribution in [1.29, 1.82) is 0 Å². The Morgan fingerprint density at radius 1 is 0.463 bits per heavy atom. The molecule has 108 heavy (non-hydrogen) atoms. The highest BCUT2D eigenvalue weighted by Gasteiger charge is 2.36. The minimum absolute atomic E-state index is 0. The van der Waals surface area contributed by atoms with E-state index in [0.717, 1.165) is 164 Å². The van der Waals surface area contributed by atoms with E-state index in [1.165, 1.54) is 0 Å². The zero-order chi connectivity index (χ0) is 77.9. The van der Waals surface area contributed by atoms with E-state index in [-0.39, 0.29) is 60.9 Å². The summed E-state index contributed by atoms with van der Waals surface area (Å²) < 4.78 is 68.1. The van der Waals surface area contributed by atoms with Gasteiger partial charge in [0.1, 0.15) is 18.3 Å². The van der Waals surface area contributed by atoms with E-state index in [1.807, 2.05) is 13.8 Å². The monoisotopic (exact) mass is 1570 g/mol. The Morgan fingerprint density at radius 3 is 1.12 bits per heavy atom. The summed E-state index contributed by atoms with van der Waals surface area (Å²) in [6.07, 6.45) is -0.309. The van der Waals surface area contributed by atoms with Gasteiger partial charge in [0.25, 0.3) is 0 Å². The molecule has 9 atom stereocenters. The topological polar surface area (TPSA) is 533 Å². The molecule has 0 aromatic heterocycles. The lowest BCUT2D eigenvalue weighted by molar-refractivity contribution is -0.0995. The average molecular weight is 1570 g/mol. The molecular weight excluding hydrogens is 1410 g/mol. The Kier molecular flexibility index (Phi) is 74.9. The SMILES string of the molecule is C.CCC(COCC1CO1)(COCC1CO1)COCC1CO1.CCC1(COCC(O)CNCCNCCN)COCC(O)CNCCNCCNCC(O)COC1.CCC12COCC(O)CNCCN(CCNCC(O)COC1)CCNCC(O)COC2.CO.NCCN(CCN)CCN.NCCNCCN.[B]. The zero-order valence-electron chi connectivity index (χ0n) is 66.3. The molecule has 0 spiro atoms. The highest BCUT2D eigenvalue weighted by molar-refractivity contribution is 5.75. The summed E-state index contributed by atoms with van der Waals surface area (Å²) in [6.45, 7) is 37.6. The fourth-order valence-corrected chi connectivity index (χ4v) is 10.6. The van der Waals surface area contributed by atoms with E-state index in [1.54, 1.807) is 0 Å². The molecule has 7 saturated heterocycles. The van der Waals surface area contributed by atoms with Gasteiger partial charge in [-0.15, -0.1) is 0 Å². The number of epoxide rings is 3. The Hall–Kier alpha value is -1.38. The number of nitrogens with zero attached hydrogens (tertiary/aromatic N) is 2. The molecule has 7 rings (SSSR count). The largest absolute Gasteiger partial charge is 0.400 e. The molecule has 9 unspecified atom stereocenters. The lowest BCUT2D eigenvalue weighted by Crippen LogP contribution is -2.45. The zero-order valence-corrected chi connectivity index (χ0v) is 66.3. The van der Waals surface area contributed by atoms with Crippen LogP contribution in [0.3, 0.4) is 0 Å². The highest BCUT2D eigenvalue weighted by atomic mass is 16.6. The number of rotatable bonds is 36. The molecule has 7 aliphatic rings. The number of nitrogens with one attached hydrogen (secondary N) is 9. The minimum Gasteiger partial charge on any atom is -0.400 e. The van der Waals surface area contributed by atoms with E-state index in [9.17, 15) is 30.6 Å². The molecule has 7 aliphatic heterocycles. The van der Waals surface area contributed by atoms with Gasteiger partial charge in [-0.2, -0.15) is 0 Å². The number of β-amino-alcohol motifs (C(OH)–C–C–N with tert-alkyl or cyclic N) is 2. The summed E-state index contributed by atoms with van der Waals surface area (Å²) in [4.78, 5) is 4.48. The van der Waals surface area contributed by atoms with Crippen LogP contribution in [0.1, 0.15) is 47.5 Å². The number of aliphatic hydroxyl groups excluding tert-OH is 7. The molecule has 647 valence electrons. The van der Waals surface area contributed by atoms with Gasteiger partial charge < -0.3 is 175 Å². The predicted molar refractivity (Wildman–Crippen MR) is 424 cm³/mol. The van der Waals surface area contributed by atoms with Crippen molar-refractivity contribution in [1.82, 2.24) is 57.7 Å². The van der Waals surface area contributed by atoms with Crippen molar-refractivity contribution in [2.75, 3.05) is 342 Å². The van der Waals surface area contributed by atoms with Crippen LogP contribution in [0.4, 0.5) is 0 Å². The van der Waals surface area contributed by atoms with Crippen LogP contribution in [0.15, 0.2) is 0 Å². The van der Waals surface area contributed by atoms with Crippen molar-refractivity contribution in [2.24, 2.45) is 50.6 Å². The van der Waals surface area contributed by atoms with E-state index >= 15 is 0 Å². The standard InChI is InChI=1S/C23H52N6O6.C21H44N4O6.C15H26O6.C6H18N4.C4H13N3.CH4O.CH4.B/c1-2-23(17-33-14-20(30)11-27-8-5-25-4-3-24)18-34-15-21(31)12-28-9-6-26-7-10-29-13-22(32)16-35-19-23;1-2-21-15-29-12-18(26)9-22-3-6-25(7-4-23-10-19(27)13-30-16-21)8-5-24-11-20(28)14-31-17-21;1-2-15(9-16-3-12-6-19-12,10-17-4-13-7-20-13)11-18-5-14-8-21-14;7-1-4-10(5-2-8)6-3-9;5-1-3-7-4-2-6;1-2;;/h20-22,25-32H,2-19,24H2,1H3;18-20,22-24,26-28H,2-17H2,1H3;12-14H,2-11H2,1H3;1-9H2;7H,1-6H2;2H,1H3;1H4;. The van der Waals surface area contributed by atoms with Gasteiger partial charge in [-0.05, 0) is 19.3 Å². The molecule has 36 nitrogen and oxygen atoms in total. The first-order valence-electron chi connectivity index (χ1n) is 39.2. The Balaban J connectivity index is 0. The van der Waals surface area contributed by atoms with E-state index in [0.29, 0.717) is 176 Å². The lowest BCUT2D eigenvalue weighted by Gasteiger charge is -2.33. The first-order valence-corrected chi connectivity index (χ1v) is 39.2. The quantitative estimate of drug-likeness (QED) is 0.0157. The van der Waals surface area contributed by atoms with Gasteiger partial charge in [0.05, 0.1) is 175 Å². The second-order valence-corrected chi connectivity index (χ2v) is 27.9. The number of hydrogen-bond donors (Lipinski definition) is 22. The lowest BCUT2D eigenvalue weighted by atomic mass is 9.88. The number of fused-ring (bicyclic) bond motifs is 21. The van der Waals surface area contributed by atoms with Crippen LogP contribution < -0.4 is 82.3 Å². The van der Waals surface area contributed by atoms with E-state index < -0.39 is 47.5 Å². The Morgan fingerprint density at radius 2 is 0.796 bits per heavy atom. The molecule has 28 N–H and O–H groups in total. The van der Waals surface area contributed by atoms with E-state index in [2.05, 4.69) is 64.6 Å². The van der Waals surface area contributed by atoms with Crippen LogP contribution in [-0.4, -0.2) is 451 Å². The van der Waals surface area contributed by atoms with Gasteiger partial charge in [0, 0.05) is 228 Å². The molecule has 0 saturated carbocycles. The summed E-state index contributed by atoms with van der Waals surface area (Å²) in [7, 11) is 1.00. The summed E-state index contributed by atoms with van der Waals surface area (Å²) >= 11 is 0. The van der Waals surface area contributed by atoms with Crippen LogP contribution in [0.2, 0.25) is 0 Å². The maximum atomic E-state index is 10.3. The van der Waals surface area contributed by atoms with Crippen LogP contribution in [-0.2, 0) is 56.8 Å². The predicted octanol–water partition coefficient (Wildman–Crippen LogP) is -8.80. The first-order chi connectivity index (χ1) is 51.6. The second kappa shape index (κ2) is 74.4. The van der Waals surface area contributed by atoms with Crippen molar-refractivity contribution in [3.63, 3.8) is 0 Å². The normalized spacial score (nSPS) is 27.7. The molecule has 37 heteroatoms. The minimum atomic E-state index is -0.630. The third-order valence-corrected chi connectivity index (χ3v) is 17.7. The molecule has 0 aliphatic carbocycles. The van der Waals surface area contributed by atoms with Gasteiger partial charge in [-0.3, -0.25) is 9.80 Å². The number of nitrogens with two attached hydrogens (primary N) is 6. The van der Waals surface area contributed by atoms with Gasteiger partial charge in [0.15, 0.2) is 0 Å². The number of hydrogen-bond acceptors (Lipinski definition) is 36. The molecule has 7 fully saturated rings. The van der Waals surface area contributed by atoms with Crippen molar-refractivity contribution < 1.29 is 92.6 Å². The number of ether oxygens (including phenoxy) is 12. The average Bonchev–Trinajstić information content (AvgIpc) is 1.39. The summed E-state index contributed by atoms with van der Waals surface area (Å²) in [6, 6.07) is 0. The van der Waals surface area contributed by atoms with Crippen LogP contribution in [0, 0.1) is 16.2 Å². The van der Waals surface area contributed by atoms with Crippen molar-refractivity contribution in [3.05, 3.63) is 0 Å². The molecule has 0 amide bonds. The van der Waals surface area contributed by atoms with Crippen molar-refractivity contribution >= 4 is 8.41 Å². The highest BCUT2D eigenvalue weighted by Crippen LogP contribution is 2.28. The van der Waals surface area contributed by atoms with Gasteiger partial charge in [-0.1, -0.05) is 28.2 Å². The van der Waals surface area contributed by atoms with Crippen LogP contribution in [0.5, 0.6) is 0 Å². The third-order valence-electron chi connectivity index (χ3n) is 17.7. The van der Waals surface area contributed by atoms with Gasteiger partial charge >= 0.3 is 0 Å².